The highest BCUT2D eigenvalue weighted by Gasteiger charge is 2.54. The number of azide groups is 2. The van der Waals surface area contributed by atoms with E-state index >= 15 is 0 Å². The van der Waals surface area contributed by atoms with Crippen LogP contribution in [0.3, 0.4) is 0 Å². The normalized spacial score (nSPS) is 29.4. The van der Waals surface area contributed by atoms with E-state index in [1.807, 2.05) is 25.1 Å². The number of ether oxygens (including phenoxy) is 1. The molecule has 5 heterocycles. The number of aliphatic hydroxyl groups is 2. The van der Waals surface area contributed by atoms with Crippen LogP contribution in [0.1, 0.15) is 70.1 Å². The zero-order chi connectivity index (χ0) is 41.4. The topological polar surface area (TPSA) is 172 Å². The zero-order valence-electron chi connectivity index (χ0n) is 34.9. The van der Waals surface area contributed by atoms with Crippen LogP contribution < -0.4 is 5.32 Å². The molecule has 0 aromatic heterocycles. The average molecular weight is 793 g/mol. The van der Waals surface area contributed by atoms with Crippen molar-refractivity contribution in [3.8, 4) is 0 Å². The molecular formula is C45H64N10O3. The van der Waals surface area contributed by atoms with Gasteiger partial charge < -0.3 is 20.3 Å². The molecule has 312 valence electrons. The van der Waals surface area contributed by atoms with E-state index in [2.05, 4.69) is 133 Å². The molecule has 0 radical (unpaired) electrons. The fourth-order valence-corrected chi connectivity index (χ4v) is 7.70. The van der Waals surface area contributed by atoms with Gasteiger partial charge in [0.1, 0.15) is 0 Å². The maximum absolute atomic E-state index is 10.1. The predicted molar refractivity (Wildman–Crippen MR) is 231 cm³/mol. The van der Waals surface area contributed by atoms with E-state index in [-0.39, 0.29) is 5.60 Å². The summed E-state index contributed by atoms with van der Waals surface area (Å²) in [6, 6.07) is 31.5. The summed E-state index contributed by atoms with van der Waals surface area (Å²) in [7, 11) is 0. The van der Waals surface area contributed by atoms with Crippen LogP contribution in [0, 0.1) is 0 Å². The zero-order valence-corrected chi connectivity index (χ0v) is 34.9. The molecule has 13 nitrogen and oxygen atoms in total. The van der Waals surface area contributed by atoms with E-state index < -0.39 is 23.3 Å². The first kappa shape index (κ1) is 44.8. The largest absolute Gasteiger partial charge is 0.391 e. The number of epoxide rings is 1. The van der Waals surface area contributed by atoms with Crippen LogP contribution in [-0.4, -0.2) is 112 Å². The van der Waals surface area contributed by atoms with Crippen LogP contribution in [0.4, 0.5) is 0 Å². The minimum atomic E-state index is -0.665. The van der Waals surface area contributed by atoms with Crippen molar-refractivity contribution in [1.82, 2.24) is 20.0 Å². The number of nitrogens with one attached hydrogen (secondary N) is 1. The van der Waals surface area contributed by atoms with Crippen molar-refractivity contribution < 1.29 is 14.9 Å². The van der Waals surface area contributed by atoms with Crippen molar-refractivity contribution in [1.29, 1.82) is 0 Å². The van der Waals surface area contributed by atoms with Crippen molar-refractivity contribution in [2.24, 2.45) is 10.2 Å². The maximum Gasteiger partial charge on any atom is 0.0997 e. The molecule has 0 saturated carbocycles. The third-order valence-corrected chi connectivity index (χ3v) is 12.1. The Morgan fingerprint density at radius 2 is 1.19 bits per heavy atom. The van der Waals surface area contributed by atoms with Crippen LogP contribution in [0.25, 0.3) is 20.9 Å². The molecule has 5 aliphatic rings. The maximum atomic E-state index is 10.1. The number of hydrogen-bond donors (Lipinski definition) is 3. The molecule has 3 N–H and O–H groups in total. The number of aliphatic hydroxyl groups excluding tert-OH is 2. The van der Waals surface area contributed by atoms with Crippen LogP contribution in [-0.2, 0) is 24.4 Å². The van der Waals surface area contributed by atoms with Crippen LogP contribution in [0.2, 0.25) is 0 Å². The van der Waals surface area contributed by atoms with Crippen molar-refractivity contribution in [2.45, 2.75) is 108 Å². The van der Waals surface area contributed by atoms with Gasteiger partial charge in [0.15, 0.2) is 0 Å². The van der Waals surface area contributed by atoms with Gasteiger partial charge in [0.05, 0.1) is 35.0 Å². The lowest BCUT2D eigenvalue weighted by molar-refractivity contribution is 0.00906. The minimum Gasteiger partial charge on any atom is -0.391 e. The Morgan fingerprint density at radius 1 is 0.690 bits per heavy atom. The second-order valence-electron chi connectivity index (χ2n) is 17.0. The highest BCUT2D eigenvalue weighted by molar-refractivity contribution is 5.17. The lowest BCUT2D eigenvalue weighted by Gasteiger charge is -2.40. The summed E-state index contributed by atoms with van der Waals surface area (Å²) < 4.78 is 5.69. The molecule has 0 spiro atoms. The van der Waals surface area contributed by atoms with Gasteiger partial charge in [-0.2, -0.15) is 0 Å². The third-order valence-electron chi connectivity index (χ3n) is 12.1. The summed E-state index contributed by atoms with van der Waals surface area (Å²) in [5.41, 5.74) is 21.3. The molecule has 5 aliphatic heterocycles. The van der Waals surface area contributed by atoms with Gasteiger partial charge >= 0.3 is 0 Å². The number of hydrogen-bond acceptors (Lipinski definition) is 9. The van der Waals surface area contributed by atoms with Crippen molar-refractivity contribution >= 4 is 0 Å². The molecule has 8 rings (SSSR count). The first-order chi connectivity index (χ1) is 27.9. The van der Waals surface area contributed by atoms with Gasteiger partial charge in [-0.25, -0.2) is 0 Å². The van der Waals surface area contributed by atoms with E-state index in [9.17, 15) is 10.2 Å². The first-order valence-corrected chi connectivity index (χ1v) is 20.8. The molecule has 0 aliphatic carbocycles. The molecule has 3 aromatic rings. The van der Waals surface area contributed by atoms with Gasteiger partial charge in [0.25, 0.3) is 0 Å². The highest BCUT2D eigenvalue weighted by atomic mass is 16.6. The summed E-state index contributed by atoms with van der Waals surface area (Å²) in [6.45, 7) is 18.3. The quantitative estimate of drug-likeness (QED) is 0.0692. The van der Waals surface area contributed by atoms with Crippen LogP contribution in [0.5, 0.6) is 0 Å². The highest BCUT2D eigenvalue weighted by Crippen LogP contribution is 2.43. The standard InChI is InChI=1S/C13H18N4O.C13H17NO.C13H17N.C6H12N4O/c1-13(15-16-14)7-8-17(10-12(13)18)9-11-5-3-2-4-6-11;1-13-7-8-14(10-12(13)15-13)9-11-5-3-2-4-6-11;1-12-7-9-14(10-8-12)11-13-5-3-2-4-6-13;1-6(9-10-7)2-3-8-4-5(6)11/h2-6,12,18H,7-10H2,1H3;2-6,12H,7-10H2,1H3;2-7H,8-11H2,1H3;5,8,11H,2-4H2,1H3/t12-,13-;12-,13+;;5-,6-/m11.1/s1. The molecular weight excluding hydrogens is 729 g/mol. The lowest BCUT2D eigenvalue weighted by atomic mass is 9.87. The Kier molecular flexibility index (Phi) is 16.7. The van der Waals surface area contributed by atoms with Crippen molar-refractivity contribution in [3.05, 3.63) is 140 Å². The number of likely N-dealkylation sites (tertiary alicyclic amines) is 2. The molecule has 0 bridgehead atoms. The van der Waals surface area contributed by atoms with Gasteiger partial charge in [-0.15, -0.1) is 0 Å². The number of fused-ring (bicyclic) bond motifs is 1. The molecule has 0 unspecified atom stereocenters. The van der Waals surface area contributed by atoms with Gasteiger partial charge in [-0.1, -0.05) is 127 Å². The Balaban J connectivity index is 0.000000149. The number of piperidine rings is 3. The van der Waals surface area contributed by atoms with Crippen LogP contribution >= 0.6 is 0 Å². The predicted octanol–water partition coefficient (Wildman–Crippen LogP) is 7.62. The van der Waals surface area contributed by atoms with Crippen molar-refractivity contribution in [3.63, 3.8) is 0 Å². The Hall–Kier alpha value is -4.26. The smallest absolute Gasteiger partial charge is 0.0997 e. The molecule has 58 heavy (non-hydrogen) atoms. The Morgan fingerprint density at radius 3 is 1.66 bits per heavy atom. The van der Waals surface area contributed by atoms with E-state index in [4.69, 9.17) is 15.8 Å². The molecule has 0 amide bonds. The number of rotatable bonds is 8. The Labute approximate surface area is 344 Å². The molecule has 4 saturated heterocycles. The summed E-state index contributed by atoms with van der Waals surface area (Å²) in [4.78, 5) is 12.7. The van der Waals surface area contributed by atoms with Gasteiger partial charge in [-0.05, 0) is 80.4 Å². The van der Waals surface area contributed by atoms with Gasteiger partial charge in [0.2, 0.25) is 0 Å². The molecule has 4 fully saturated rings. The van der Waals surface area contributed by atoms with Gasteiger partial charge in [-0.3, -0.25) is 14.7 Å². The second-order valence-corrected chi connectivity index (χ2v) is 17.0. The Bertz CT molecular complexity index is 1820. The summed E-state index contributed by atoms with van der Waals surface area (Å²) in [5, 5.41) is 29.9. The fraction of sp³-hybridized carbons (Fsp3) is 0.556. The SMILES string of the molecule is CC1=CCN(Cc2ccccc2)CC1.C[C@@]1(N=[N+]=[N-])CCN(Cc2ccccc2)C[C@H]1O.C[C@@]1(N=[N+]=[N-])CCNC[C@H]1O.C[C@]12CCN(Cc3ccccc3)C[C@H]1O2. The second kappa shape index (κ2) is 21.7. The summed E-state index contributed by atoms with van der Waals surface area (Å²) >= 11 is 0. The number of benzene rings is 3. The number of β-amino-alcohol motifs (C(OH)–C–C–N with tert-alkyl or cyclic N) is 2. The first-order valence-electron chi connectivity index (χ1n) is 20.8. The van der Waals surface area contributed by atoms with E-state index in [1.165, 1.54) is 48.2 Å². The van der Waals surface area contributed by atoms with E-state index in [0.717, 1.165) is 45.8 Å². The summed E-state index contributed by atoms with van der Waals surface area (Å²) in [6.07, 6.45) is 5.46. The monoisotopic (exact) mass is 793 g/mol. The van der Waals surface area contributed by atoms with Crippen molar-refractivity contribution in [2.75, 3.05) is 52.4 Å². The minimum absolute atomic E-state index is 0.229. The average Bonchev–Trinajstić information content (AvgIpc) is 3.91. The van der Waals surface area contributed by atoms with Crippen LogP contribution in [0.15, 0.2) is 113 Å². The van der Waals surface area contributed by atoms with E-state index in [1.54, 1.807) is 6.92 Å². The lowest BCUT2D eigenvalue weighted by Crippen LogP contribution is -2.52. The summed E-state index contributed by atoms with van der Waals surface area (Å²) in [5.74, 6) is 0. The number of nitrogens with zero attached hydrogens (tertiary/aromatic N) is 9. The molecule has 13 heteroatoms. The fourth-order valence-electron chi connectivity index (χ4n) is 7.70. The van der Waals surface area contributed by atoms with E-state index in [0.29, 0.717) is 32.0 Å². The molecule has 6 atom stereocenters. The molecule has 3 aromatic carbocycles. The van der Waals surface area contributed by atoms with Gasteiger partial charge in [0, 0.05) is 68.7 Å². The third kappa shape index (κ3) is 13.7.